The molecule has 0 radical (unpaired) electrons. The van der Waals surface area contributed by atoms with Gasteiger partial charge in [-0.1, -0.05) is 0 Å². The third-order valence-corrected chi connectivity index (χ3v) is 8.91. The number of carbonyl (C=O) groups is 1. The zero-order valence-corrected chi connectivity index (χ0v) is 23.6. The van der Waals surface area contributed by atoms with Gasteiger partial charge in [0, 0.05) is 12.3 Å². The number of amides is 1. The molecule has 0 bridgehead atoms. The van der Waals surface area contributed by atoms with Gasteiger partial charge in [0.15, 0.2) is 15.6 Å². The summed E-state index contributed by atoms with van der Waals surface area (Å²) < 4.78 is 125. The number of phenols is 1. The molecule has 0 aliphatic rings. The van der Waals surface area contributed by atoms with E-state index in [1.54, 1.807) is 0 Å². The van der Waals surface area contributed by atoms with E-state index in [1.807, 2.05) is 0 Å². The average Bonchev–Trinajstić information content (AvgIpc) is 2.80. The Kier molecular flexibility index (Phi) is 8.86. The van der Waals surface area contributed by atoms with Gasteiger partial charge in [-0.2, -0.15) is 30.4 Å². The normalized spacial score (nSPS) is 13.1. The van der Waals surface area contributed by atoms with Crippen LogP contribution in [0.4, 0.5) is 17.1 Å². The van der Waals surface area contributed by atoms with E-state index in [-0.39, 0.29) is 27.0 Å². The highest BCUT2D eigenvalue weighted by molar-refractivity contribution is 7.91. The van der Waals surface area contributed by atoms with Crippen LogP contribution in [-0.4, -0.2) is 70.7 Å². The van der Waals surface area contributed by atoms with Crippen LogP contribution in [0.5, 0.6) is 5.75 Å². The highest BCUT2D eigenvalue weighted by Crippen LogP contribution is 2.45. The number of sulfone groups is 1. The first kappa shape index (κ1) is 32.0. The second kappa shape index (κ2) is 11.4. The number of carbonyl (C=O) groups excluding carboxylic acids is 1. The van der Waals surface area contributed by atoms with Gasteiger partial charge in [0.05, 0.1) is 33.5 Å². The quantitative estimate of drug-likeness (QED) is 0.155. The summed E-state index contributed by atoms with van der Waals surface area (Å²) in [5, 5.41) is 19.8. The second-order valence-electron chi connectivity index (χ2n) is 8.03. The molecule has 0 aromatic heterocycles. The molecule has 0 fully saturated rings. The van der Waals surface area contributed by atoms with E-state index < -0.39 is 80.0 Å². The van der Waals surface area contributed by atoms with Crippen molar-refractivity contribution in [1.82, 2.24) is 0 Å². The van der Waals surface area contributed by atoms with Crippen molar-refractivity contribution < 1.29 is 61.4 Å². The summed E-state index contributed by atoms with van der Waals surface area (Å²) in [6.07, 6.45) is 0. The molecule has 0 aliphatic heterocycles. The predicted octanol–water partition coefficient (Wildman–Crippen LogP) is 2.01. The standard InChI is InChI=1S/C20H19N3O14S4/c1-11(24)21-16-10-15(39(28,29)30)8-12-9-17(40(31,32)33)19(20(25)18(12)16)23-22-13-2-4-14(5-3-13)38(26,27)7-6-37-41(34,35)36/h2-5,8-10,25H,6-7H2,1H3,(H,21,24)(H,28,29,30)(H,31,32,33)(H,34,35,36). The van der Waals surface area contributed by atoms with Gasteiger partial charge in [-0.25, -0.2) is 12.6 Å². The van der Waals surface area contributed by atoms with Crippen molar-refractivity contribution >= 4 is 74.2 Å². The van der Waals surface area contributed by atoms with E-state index in [9.17, 15) is 52.7 Å². The topological polar surface area (TPSA) is 281 Å². The second-order valence-corrected chi connectivity index (χ2v) is 14.0. The molecule has 0 unspecified atom stereocenters. The number of hydrogen-bond donors (Lipinski definition) is 5. The maximum atomic E-state index is 12.3. The summed E-state index contributed by atoms with van der Waals surface area (Å²) in [5.74, 6) is -2.52. The number of anilines is 1. The summed E-state index contributed by atoms with van der Waals surface area (Å²) in [5.41, 5.74) is -1.31. The van der Waals surface area contributed by atoms with Gasteiger partial charge in [-0.05, 0) is 47.9 Å². The molecule has 0 atom stereocenters. The molecule has 0 spiro atoms. The summed E-state index contributed by atoms with van der Waals surface area (Å²) in [7, 11) is -18.9. The maximum Gasteiger partial charge on any atom is 0.397 e. The Morgan fingerprint density at radius 2 is 1.46 bits per heavy atom. The first-order valence-electron chi connectivity index (χ1n) is 10.6. The lowest BCUT2D eigenvalue weighted by atomic mass is 10.1. The number of fused-ring (bicyclic) bond motifs is 1. The van der Waals surface area contributed by atoms with Crippen molar-refractivity contribution in [2.45, 2.75) is 21.6 Å². The van der Waals surface area contributed by atoms with Crippen molar-refractivity contribution in [3.8, 4) is 5.75 Å². The third kappa shape index (κ3) is 8.01. The van der Waals surface area contributed by atoms with Gasteiger partial charge in [0.2, 0.25) is 5.91 Å². The molecule has 41 heavy (non-hydrogen) atoms. The van der Waals surface area contributed by atoms with Gasteiger partial charge in [-0.15, -0.1) is 5.11 Å². The van der Waals surface area contributed by atoms with Crippen LogP contribution < -0.4 is 5.32 Å². The zero-order chi connectivity index (χ0) is 31.0. The van der Waals surface area contributed by atoms with Crippen LogP contribution >= 0.6 is 0 Å². The van der Waals surface area contributed by atoms with Gasteiger partial charge < -0.3 is 10.4 Å². The summed E-state index contributed by atoms with van der Waals surface area (Å²) in [6.45, 7) is 0.177. The first-order valence-corrected chi connectivity index (χ1v) is 16.5. The molecule has 17 nitrogen and oxygen atoms in total. The number of nitrogens with one attached hydrogen (secondary N) is 1. The molecule has 0 heterocycles. The zero-order valence-electron chi connectivity index (χ0n) is 20.4. The minimum Gasteiger partial charge on any atom is -0.505 e. The number of azo groups is 1. The van der Waals surface area contributed by atoms with E-state index in [2.05, 4.69) is 19.7 Å². The molecule has 5 N–H and O–H groups in total. The van der Waals surface area contributed by atoms with Gasteiger partial charge >= 0.3 is 10.4 Å². The lowest BCUT2D eigenvalue weighted by molar-refractivity contribution is -0.114. The lowest BCUT2D eigenvalue weighted by Gasteiger charge is -2.14. The summed E-state index contributed by atoms with van der Waals surface area (Å²) in [4.78, 5) is 9.56. The summed E-state index contributed by atoms with van der Waals surface area (Å²) >= 11 is 0. The minimum atomic E-state index is -5.15. The van der Waals surface area contributed by atoms with E-state index >= 15 is 0 Å². The number of phenolic OH excluding ortho intramolecular Hbond substituents is 1. The Morgan fingerprint density at radius 1 is 0.854 bits per heavy atom. The molecule has 0 saturated heterocycles. The summed E-state index contributed by atoms with van der Waals surface area (Å²) in [6, 6.07) is 6.54. The van der Waals surface area contributed by atoms with Crippen molar-refractivity contribution in [2.75, 3.05) is 17.7 Å². The van der Waals surface area contributed by atoms with E-state index in [1.165, 1.54) is 0 Å². The fourth-order valence-corrected chi connectivity index (χ4v) is 6.07. The SMILES string of the molecule is CC(=O)Nc1cc(S(=O)(=O)O)cc2cc(S(=O)(=O)O)c(N=Nc3ccc(S(=O)(=O)CCOS(=O)(=O)O)cc3)c(O)c12. The Bertz CT molecular complexity index is 2010. The van der Waals surface area contributed by atoms with Crippen LogP contribution in [-0.2, 0) is 49.5 Å². The van der Waals surface area contributed by atoms with Crippen LogP contribution in [0.3, 0.4) is 0 Å². The van der Waals surface area contributed by atoms with Crippen molar-refractivity contribution in [3.05, 3.63) is 42.5 Å². The van der Waals surface area contributed by atoms with Crippen LogP contribution in [0.15, 0.2) is 67.4 Å². The van der Waals surface area contributed by atoms with Crippen molar-refractivity contribution in [2.24, 2.45) is 10.2 Å². The number of aromatic hydroxyl groups is 1. The molecular formula is C20H19N3O14S4. The van der Waals surface area contributed by atoms with Gasteiger partial charge in [0.1, 0.15) is 10.6 Å². The number of rotatable bonds is 10. The fourth-order valence-electron chi connectivity index (χ4n) is 3.39. The van der Waals surface area contributed by atoms with E-state index in [0.29, 0.717) is 6.07 Å². The van der Waals surface area contributed by atoms with Crippen molar-refractivity contribution in [3.63, 3.8) is 0 Å². The lowest BCUT2D eigenvalue weighted by Crippen LogP contribution is -2.15. The Hall–Kier alpha value is -3.57. The van der Waals surface area contributed by atoms with Crippen LogP contribution in [0.2, 0.25) is 0 Å². The Morgan fingerprint density at radius 3 is 1.98 bits per heavy atom. The van der Waals surface area contributed by atoms with Crippen LogP contribution in [0.1, 0.15) is 6.92 Å². The largest absolute Gasteiger partial charge is 0.505 e. The molecule has 0 aliphatic carbocycles. The van der Waals surface area contributed by atoms with E-state index in [0.717, 1.165) is 43.3 Å². The highest BCUT2D eigenvalue weighted by Gasteiger charge is 2.26. The molecule has 1 amide bonds. The third-order valence-electron chi connectivity index (χ3n) is 5.06. The molecule has 3 aromatic carbocycles. The predicted molar refractivity (Wildman–Crippen MR) is 140 cm³/mol. The Labute approximate surface area is 232 Å². The molecular weight excluding hydrogens is 634 g/mol. The number of hydrogen-bond acceptors (Lipinski definition) is 13. The highest BCUT2D eigenvalue weighted by atomic mass is 32.3. The molecule has 3 aromatic rings. The van der Waals surface area contributed by atoms with E-state index in [4.69, 9.17) is 4.55 Å². The minimum absolute atomic E-state index is 0.0947. The fraction of sp³-hybridized carbons (Fsp3) is 0.150. The number of benzene rings is 3. The van der Waals surface area contributed by atoms with Crippen LogP contribution in [0.25, 0.3) is 10.8 Å². The van der Waals surface area contributed by atoms with Gasteiger partial charge in [-0.3, -0.25) is 18.5 Å². The van der Waals surface area contributed by atoms with Crippen LogP contribution in [0, 0.1) is 0 Å². The Balaban J connectivity index is 2.11. The monoisotopic (exact) mass is 653 g/mol. The average molecular weight is 654 g/mol. The first-order chi connectivity index (χ1) is 18.7. The molecule has 222 valence electrons. The van der Waals surface area contributed by atoms with Crippen molar-refractivity contribution in [1.29, 1.82) is 0 Å². The van der Waals surface area contributed by atoms with Gasteiger partial charge in [0.25, 0.3) is 20.2 Å². The smallest absolute Gasteiger partial charge is 0.397 e. The molecule has 3 rings (SSSR count). The number of nitrogens with zero attached hydrogens (tertiary/aromatic N) is 2. The molecule has 21 heteroatoms. The maximum absolute atomic E-state index is 12.3. The molecule has 0 saturated carbocycles.